The number of carbonyl (C=O) groups excluding carboxylic acids is 2. The Morgan fingerprint density at radius 2 is 1.76 bits per heavy atom. The van der Waals surface area contributed by atoms with E-state index in [1.165, 1.54) is 24.3 Å². The Bertz CT molecular complexity index is 958. The third-order valence-electron chi connectivity index (χ3n) is 4.88. The van der Waals surface area contributed by atoms with Crippen LogP contribution in [0, 0.1) is 0 Å². The van der Waals surface area contributed by atoms with Crippen molar-refractivity contribution in [2.45, 2.75) is 37.1 Å². The first-order valence-corrected chi connectivity index (χ1v) is 11.0. The average Bonchev–Trinajstić information content (AvgIpc) is 2.72. The first kappa shape index (κ1) is 20.9. The topological polar surface area (TPSA) is 92.8 Å². The number of sulfonamides is 1. The van der Waals surface area contributed by atoms with E-state index in [1.54, 1.807) is 35.2 Å². The molecular formula is C21H24N2O5S. The molecule has 1 N–H and O–H groups in total. The summed E-state index contributed by atoms with van der Waals surface area (Å²) in [6.07, 6.45) is 3.00. The molecule has 1 aliphatic heterocycles. The summed E-state index contributed by atoms with van der Waals surface area (Å²) >= 11 is 0. The maximum atomic E-state index is 12.4. The molecule has 0 saturated carbocycles. The molecule has 8 heteroatoms. The number of nitrogens with one attached hydrogen (secondary N) is 1. The van der Waals surface area contributed by atoms with Gasteiger partial charge in [0.2, 0.25) is 0 Å². The van der Waals surface area contributed by atoms with Crippen molar-refractivity contribution >= 4 is 27.6 Å². The molecule has 0 aliphatic carbocycles. The Morgan fingerprint density at radius 1 is 1.07 bits per heavy atom. The van der Waals surface area contributed by atoms with Crippen molar-refractivity contribution in [1.82, 2.24) is 4.90 Å². The van der Waals surface area contributed by atoms with Gasteiger partial charge < -0.3 is 9.64 Å². The standard InChI is InChI=1S/C21H24N2O5S/c1-16-7-5-6-14-23(16)20(24)15-28-21(25)17-10-12-19(13-11-17)29(26,27)22-18-8-3-2-4-9-18/h2-4,8-13,16,22H,5-7,14-15H2,1H3/t16-/m1/s1. The lowest BCUT2D eigenvalue weighted by atomic mass is 10.0. The van der Waals surface area contributed by atoms with Crippen LogP contribution in [0.1, 0.15) is 36.5 Å². The van der Waals surface area contributed by atoms with Gasteiger partial charge in [-0.05, 0) is 62.6 Å². The lowest BCUT2D eigenvalue weighted by Gasteiger charge is -2.33. The first-order valence-electron chi connectivity index (χ1n) is 9.51. The molecule has 29 heavy (non-hydrogen) atoms. The molecule has 1 heterocycles. The minimum absolute atomic E-state index is 0.0242. The summed E-state index contributed by atoms with van der Waals surface area (Å²) in [6.45, 7) is 2.35. The van der Waals surface area contributed by atoms with E-state index < -0.39 is 16.0 Å². The molecule has 1 amide bonds. The second-order valence-electron chi connectivity index (χ2n) is 7.00. The van der Waals surface area contributed by atoms with E-state index >= 15 is 0 Å². The van der Waals surface area contributed by atoms with Crippen molar-refractivity contribution in [2.75, 3.05) is 17.9 Å². The van der Waals surface area contributed by atoms with Crippen molar-refractivity contribution in [3.05, 3.63) is 60.2 Å². The van der Waals surface area contributed by atoms with Gasteiger partial charge in [0.15, 0.2) is 6.61 Å². The van der Waals surface area contributed by atoms with Gasteiger partial charge in [0.25, 0.3) is 15.9 Å². The van der Waals surface area contributed by atoms with Crippen LogP contribution in [0.25, 0.3) is 0 Å². The Kier molecular flexibility index (Phi) is 6.53. The Balaban J connectivity index is 1.59. The average molecular weight is 416 g/mol. The van der Waals surface area contributed by atoms with E-state index in [9.17, 15) is 18.0 Å². The highest BCUT2D eigenvalue weighted by atomic mass is 32.2. The molecular weight excluding hydrogens is 392 g/mol. The van der Waals surface area contributed by atoms with E-state index in [0.717, 1.165) is 19.3 Å². The molecule has 0 bridgehead atoms. The predicted molar refractivity (Wildman–Crippen MR) is 109 cm³/mol. The normalized spacial score (nSPS) is 16.9. The van der Waals surface area contributed by atoms with Crippen molar-refractivity contribution in [3.8, 4) is 0 Å². The number of anilines is 1. The van der Waals surface area contributed by atoms with Gasteiger partial charge in [-0.25, -0.2) is 13.2 Å². The van der Waals surface area contributed by atoms with E-state index in [4.69, 9.17) is 4.74 Å². The summed E-state index contributed by atoms with van der Waals surface area (Å²) in [5, 5.41) is 0. The maximum Gasteiger partial charge on any atom is 0.338 e. The number of benzene rings is 2. The molecule has 1 aliphatic rings. The number of hydrogen-bond donors (Lipinski definition) is 1. The number of carbonyl (C=O) groups is 2. The number of amides is 1. The number of piperidine rings is 1. The van der Waals surface area contributed by atoms with Crippen molar-refractivity contribution in [2.24, 2.45) is 0 Å². The van der Waals surface area contributed by atoms with Crippen LogP contribution in [-0.4, -0.2) is 44.4 Å². The van der Waals surface area contributed by atoms with Crippen LogP contribution < -0.4 is 4.72 Å². The molecule has 0 spiro atoms. The van der Waals surface area contributed by atoms with Crippen LogP contribution in [0.15, 0.2) is 59.5 Å². The van der Waals surface area contributed by atoms with Gasteiger partial charge in [-0.15, -0.1) is 0 Å². The molecule has 154 valence electrons. The fourth-order valence-electron chi connectivity index (χ4n) is 3.25. The van der Waals surface area contributed by atoms with Crippen LogP contribution in [0.2, 0.25) is 0 Å². The Morgan fingerprint density at radius 3 is 2.41 bits per heavy atom. The fraction of sp³-hybridized carbons (Fsp3) is 0.333. The number of rotatable bonds is 6. The van der Waals surface area contributed by atoms with E-state index in [-0.39, 0.29) is 29.0 Å². The van der Waals surface area contributed by atoms with Gasteiger partial charge in [0, 0.05) is 18.3 Å². The second kappa shape index (κ2) is 9.09. The third-order valence-corrected chi connectivity index (χ3v) is 6.27. The number of para-hydroxylation sites is 1. The van der Waals surface area contributed by atoms with Crippen molar-refractivity contribution < 1.29 is 22.7 Å². The minimum atomic E-state index is -3.77. The molecule has 1 saturated heterocycles. The highest BCUT2D eigenvalue weighted by molar-refractivity contribution is 7.92. The fourth-order valence-corrected chi connectivity index (χ4v) is 4.31. The second-order valence-corrected chi connectivity index (χ2v) is 8.69. The summed E-state index contributed by atoms with van der Waals surface area (Å²) in [7, 11) is -3.77. The molecule has 2 aromatic carbocycles. The Hall–Kier alpha value is -2.87. The monoisotopic (exact) mass is 416 g/mol. The summed E-state index contributed by atoms with van der Waals surface area (Å²) in [6, 6.07) is 14.1. The summed E-state index contributed by atoms with van der Waals surface area (Å²) in [5.41, 5.74) is 0.629. The van der Waals surface area contributed by atoms with Crippen LogP contribution in [0.5, 0.6) is 0 Å². The maximum absolute atomic E-state index is 12.4. The van der Waals surface area contributed by atoms with Crippen LogP contribution in [-0.2, 0) is 19.6 Å². The quantitative estimate of drug-likeness (QED) is 0.731. The number of hydrogen-bond acceptors (Lipinski definition) is 5. The lowest BCUT2D eigenvalue weighted by molar-refractivity contribution is -0.137. The smallest absolute Gasteiger partial charge is 0.338 e. The third kappa shape index (κ3) is 5.35. The zero-order valence-electron chi connectivity index (χ0n) is 16.2. The number of esters is 1. The van der Waals surface area contributed by atoms with E-state index in [0.29, 0.717) is 12.2 Å². The summed E-state index contributed by atoms with van der Waals surface area (Å²) in [5.74, 6) is -0.875. The van der Waals surface area contributed by atoms with Gasteiger partial charge in [-0.1, -0.05) is 18.2 Å². The van der Waals surface area contributed by atoms with Crippen molar-refractivity contribution in [3.63, 3.8) is 0 Å². The van der Waals surface area contributed by atoms with Gasteiger partial charge in [0.05, 0.1) is 10.5 Å². The first-order chi connectivity index (χ1) is 13.9. The van der Waals surface area contributed by atoms with Crippen LogP contribution >= 0.6 is 0 Å². The largest absolute Gasteiger partial charge is 0.452 e. The molecule has 0 unspecified atom stereocenters. The van der Waals surface area contributed by atoms with E-state index in [1.807, 2.05) is 6.92 Å². The molecule has 3 rings (SSSR count). The van der Waals surface area contributed by atoms with Crippen molar-refractivity contribution in [1.29, 1.82) is 0 Å². The molecule has 7 nitrogen and oxygen atoms in total. The van der Waals surface area contributed by atoms with Gasteiger partial charge in [0.1, 0.15) is 0 Å². The van der Waals surface area contributed by atoms with Crippen LogP contribution in [0.3, 0.4) is 0 Å². The zero-order valence-corrected chi connectivity index (χ0v) is 17.0. The zero-order chi connectivity index (χ0) is 20.9. The van der Waals surface area contributed by atoms with E-state index in [2.05, 4.69) is 4.72 Å². The molecule has 0 radical (unpaired) electrons. The van der Waals surface area contributed by atoms with Gasteiger partial charge >= 0.3 is 5.97 Å². The number of ether oxygens (including phenoxy) is 1. The molecule has 1 fully saturated rings. The Labute approximate surface area is 170 Å². The summed E-state index contributed by atoms with van der Waals surface area (Å²) in [4.78, 5) is 26.2. The minimum Gasteiger partial charge on any atom is -0.452 e. The molecule has 1 atom stereocenters. The highest BCUT2D eigenvalue weighted by Crippen LogP contribution is 2.18. The van der Waals surface area contributed by atoms with Crippen LogP contribution in [0.4, 0.5) is 5.69 Å². The SMILES string of the molecule is C[C@@H]1CCCCN1C(=O)COC(=O)c1ccc(S(=O)(=O)Nc2ccccc2)cc1. The lowest BCUT2D eigenvalue weighted by Crippen LogP contribution is -2.44. The highest BCUT2D eigenvalue weighted by Gasteiger charge is 2.24. The van der Waals surface area contributed by atoms with Gasteiger partial charge in [-0.3, -0.25) is 9.52 Å². The predicted octanol–water partition coefficient (Wildman–Crippen LogP) is 3.05. The number of nitrogens with zero attached hydrogens (tertiary/aromatic N) is 1. The molecule has 2 aromatic rings. The summed E-state index contributed by atoms with van der Waals surface area (Å²) < 4.78 is 32.4. The number of likely N-dealkylation sites (tertiary alicyclic amines) is 1. The van der Waals surface area contributed by atoms with Gasteiger partial charge in [-0.2, -0.15) is 0 Å². The molecule has 0 aromatic heterocycles.